The van der Waals surface area contributed by atoms with Crippen molar-refractivity contribution in [2.24, 2.45) is 13.0 Å². The Balaban J connectivity index is 2.28. The zero-order valence-corrected chi connectivity index (χ0v) is 12.2. The fourth-order valence-corrected chi connectivity index (χ4v) is 3.10. The van der Waals surface area contributed by atoms with Gasteiger partial charge < -0.3 is 10.0 Å². The number of hydrogen-bond acceptors (Lipinski definition) is 3. The van der Waals surface area contributed by atoms with Crippen LogP contribution in [0.3, 0.4) is 0 Å². The number of carboxylic acids is 1. The Hall–Kier alpha value is -1.52. The second-order valence-electron chi connectivity index (χ2n) is 5.74. The highest BCUT2D eigenvalue weighted by atomic mass is 16.4. The summed E-state index contributed by atoms with van der Waals surface area (Å²) in [5.41, 5.74) is 0.921. The maximum Gasteiger partial charge on any atom is 0.341 e. The number of hydrogen-bond donors (Lipinski definition) is 1. The Labute approximate surface area is 114 Å². The number of rotatable bonds is 3. The molecule has 2 rings (SSSR count). The van der Waals surface area contributed by atoms with Gasteiger partial charge in [-0.15, -0.1) is 0 Å². The monoisotopic (exact) mass is 265 g/mol. The molecule has 1 aromatic heterocycles. The Morgan fingerprint density at radius 2 is 1.95 bits per heavy atom. The van der Waals surface area contributed by atoms with Crippen LogP contribution in [0.25, 0.3) is 0 Å². The van der Waals surface area contributed by atoms with E-state index >= 15 is 0 Å². The van der Waals surface area contributed by atoms with Crippen LogP contribution in [0.4, 0.5) is 5.82 Å². The molecule has 1 aromatic rings. The lowest BCUT2D eigenvalue weighted by Crippen LogP contribution is -2.36. The molecular formula is C14H23N3O2. The fraction of sp³-hybridized carbons (Fsp3) is 0.714. The quantitative estimate of drug-likeness (QED) is 0.912. The van der Waals surface area contributed by atoms with Crippen molar-refractivity contribution in [2.75, 3.05) is 11.9 Å². The largest absolute Gasteiger partial charge is 0.477 e. The van der Waals surface area contributed by atoms with E-state index in [0.717, 1.165) is 24.6 Å². The van der Waals surface area contributed by atoms with Crippen LogP contribution < -0.4 is 4.90 Å². The molecule has 1 aliphatic carbocycles. The molecule has 0 atom stereocenters. The van der Waals surface area contributed by atoms with Crippen LogP contribution >= 0.6 is 0 Å². The minimum absolute atomic E-state index is 0.337. The molecule has 5 nitrogen and oxygen atoms in total. The third-order valence-corrected chi connectivity index (χ3v) is 4.27. The zero-order valence-electron chi connectivity index (χ0n) is 12.2. The average molecular weight is 265 g/mol. The zero-order chi connectivity index (χ0) is 14.2. The Morgan fingerprint density at radius 3 is 2.47 bits per heavy atom. The molecule has 0 amide bonds. The van der Waals surface area contributed by atoms with Gasteiger partial charge in [0.05, 0.1) is 5.69 Å². The normalized spacial score (nSPS) is 23.4. The first kappa shape index (κ1) is 13.9. The lowest BCUT2D eigenvalue weighted by Gasteiger charge is -2.35. The standard InChI is InChI=1S/C14H23N3O2/c1-9-5-7-11(8-6-9)16(3)13-12(14(18)19)10(2)15-17(13)4/h9,11H,5-8H2,1-4H3,(H,18,19). The second-order valence-corrected chi connectivity index (χ2v) is 5.74. The van der Waals surface area contributed by atoms with E-state index < -0.39 is 5.97 Å². The fourth-order valence-electron chi connectivity index (χ4n) is 3.10. The first-order valence-corrected chi connectivity index (χ1v) is 6.91. The summed E-state index contributed by atoms with van der Waals surface area (Å²) in [6, 6.07) is 0.420. The van der Waals surface area contributed by atoms with E-state index in [4.69, 9.17) is 0 Å². The van der Waals surface area contributed by atoms with Gasteiger partial charge in [-0.3, -0.25) is 4.68 Å². The summed E-state index contributed by atoms with van der Waals surface area (Å²) in [5.74, 6) is 0.623. The van der Waals surface area contributed by atoms with E-state index in [1.807, 2.05) is 14.1 Å². The summed E-state index contributed by atoms with van der Waals surface area (Å²) in [6.45, 7) is 4.04. The first-order valence-electron chi connectivity index (χ1n) is 6.91. The van der Waals surface area contributed by atoms with Crippen LogP contribution in [0.15, 0.2) is 0 Å². The highest BCUT2D eigenvalue weighted by molar-refractivity contribution is 5.94. The molecule has 0 spiro atoms. The Kier molecular flexibility index (Phi) is 3.83. The third-order valence-electron chi connectivity index (χ3n) is 4.27. The summed E-state index contributed by atoms with van der Waals surface area (Å²) >= 11 is 0. The Bertz CT molecular complexity index is 473. The molecule has 1 fully saturated rings. The molecule has 0 aliphatic heterocycles. The average Bonchev–Trinajstić information content (AvgIpc) is 2.64. The maximum absolute atomic E-state index is 11.4. The van der Waals surface area contributed by atoms with Gasteiger partial charge in [0, 0.05) is 20.1 Å². The Morgan fingerprint density at radius 1 is 1.37 bits per heavy atom. The molecular weight excluding hydrogens is 242 g/mol. The smallest absolute Gasteiger partial charge is 0.341 e. The van der Waals surface area contributed by atoms with Crippen molar-refractivity contribution in [1.82, 2.24) is 9.78 Å². The number of nitrogens with zero attached hydrogens (tertiary/aromatic N) is 3. The van der Waals surface area contributed by atoms with Crippen molar-refractivity contribution >= 4 is 11.8 Å². The van der Waals surface area contributed by atoms with Gasteiger partial charge in [0.2, 0.25) is 0 Å². The van der Waals surface area contributed by atoms with E-state index in [0.29, 0.717) is 17.3 Å². The van der Waals surface area contributed by atoms with Gasteiger partial charge >= 0.3 is 5.97 Å². The van der Waals surface area contributed by atoms with Crippen molar-refractivity contribution in [2.45, 2.75) is 45.6 Å². The van der Waals surface area contributed by atoms with E-state index in [1.54, 1.807) is 11.6 Å². The van der Waals surface area contributed by atoms with Gasteiger partial charge in [-0.25, -0.2) is 4.79 Å². The van der Waals surface area contributed by atoms with Gasteiger partial charge in [-0.05, 0) is 38.5 Å². The van der Waals surface area contributed by atoms with E-state index in [9.17, 15) is 9.90 Å². The molecule has 19 heavy (non-hydrogen) atoms. The number of aromatic carboxylic acids is 1. The highest BCUT2D eigenvalue weighted by Gasteiger charge is 2.28. The number of anilines is 1. The van der Waals surface area contributed by atoms with Crippen LogP contribution in [-0.2, 0) is 7.05 Å². The van der Waals surface area contributed by atoms with Crippen LogP contribution in [0.2, 0.25) is 0 Å². The van der Waals surface area contributed by atoms with Gasteiger partial charge in [0.15, 0.2) is 0 Å². The van der Waals surface area contributed by atoms with Gasteiger partial charge in [0.25, 0.3) is 0 Å². The predicted molar refractivity (Wildman–Crippen MR) is 74.7 cm³/mol. The van der Waals surface area contributed by atoms with Crippen molar-refractivity contribution in [3.63, 3.8) is 0 Å². The molecule has 0 bridgehead atoms. The molecule has 5 heteroatoms. The molecule has 106 valence electrons. The van der Waals surface area contributed by atoms with Crippen LogP contribution in [0.1, 0.15) is 48.7 Å². The highest BCUT2D eigenvalue weighted by Crippen LogP contribution is 2.31. The van der Waals surface area contributed by atoms with E-state index in [2.05, 4.69) is 16.9 Å². The number of aryl methyl sites for hydroxylation is 2. The molecule has 0 radical (unpaired) electrons. The minimum Gasteiger partial charge on any atom is -0.477 e. The van der Waals surface area contributed by atoms with Crippen molar-refractivity contribution in [1.29, 1.82) is 0 Å². The molecule has 0 aromatic carbocycles. The molecule has 1 N–H and O–H groups in total. The van der Waals surface area contributed by atoms with Gasteiger partial charge in [-0.2, -0.15) is 5.10 Å². The number of aromatic nitrogens is 2. The third kappa shape index (κ3) is 2.60. The van der Waals surface area contributed by atoms with Crippen LogP contribution in [0.5, 0.6) is 0 Å². The maximum atomic E-state index is 11.4. The topological polar surface area (TPSA) is 58.4 Å². The SMILES string of the molecule is Cc1nn(C)c(N(C)C2CCC(C)CC2)c1C(=O)O. The van der Waals surface area contributed by atoms with Crippen LogP contribution in [0, 0.1) is 12.8 Å². The minimum atomic E-state index is -0.892. The second kappa shape index (κ2) is 5.23. The van der Waals surface area contributed by atoms with E-state index in [1.165, 1.54) is 12.8 Å². The lowest BCUT2D eigenvalue weighted by atomic mass is 9.86. The number of carboxylic acid groups (broad SMARTS) is 1. The summed E-state index contributed by atoms with van der Waals surface area (Å²) in [5, 5.41) is 13.6. The predicted octanol–water partition coefficient (Wildman–Crippen LogP) is 2.44. The van der Waals surface area contributed by atoms with Gasteiger partial charge in [0.1, 0.15) is 11.4 Å². The van der Waals surface area contributed by atoms with Crippen molar-refractivity contribution in [3.05, 3.63) is 11.3 Å². The van der Waals surface area contributed by atoms with Crippen LogP contribution in [-0.4, -0.2) is 33.9 Å². The van der Waals surface area contributed by atoms with E-state index in [-0.39, 0.29) is 0 Å². The summed E-state index contributed by atoms with van der Waals surface area (Å²) in [7, 11) is 3.81. The molecule has 0 unspecified atom stereocenters. The first-order chi connectivity index (χ1) is 8.91. The van der Waals surface area contributed by atoms with Crippen molar-refractivity contribution in [3.8, 4) is 0 Å². The number of carbonyl (C=O) groups is 1. The molecule has 1 heterocycles. The molecule has 1 aliphatic rings. The summed E-state index contributed by atoms with van der Waals surface area (Å²) in [6.07, 6.45) is 4.68. The lowest BCUT2D eigenvalue weighted by molar-refractivity contribution is 0.0696. The molecule has 1 saturated carbocycles. The summed E-state index contributed by atoms with van der Waals surface area (Å²) in [4.78, 5) is 13.5. The summed E-state index contributed by atoms with van der Waals surface area (Å²) < 4.78 is 1.69. The molecule has 0 saturated heterocycles. The van der Waals surface area contributed by atoms with Gasteiger partial charge in [-0.1, -0.05) is 6.92 Å². The van der Waals surface area contributed by atoms with Crippen molar-refractivity contribution < 1.29 is 9.90 Å².